The van der Waals surface area contributed by atoms with E-state index in [0.29, 0.717) is 19.6 Å². The summed E-state index contributed by atoms with van der Waals surface area (Å²) in [6, 6.07) is 16.5. The highest BCUT2D eigenvalue weighted by atomic mass is 16.2. The van der Waals surface area contributed by atoms with Crippen molar-refractivity contribution < 1.29 is 4.79 Å². The Balaban J connectivity index is 1.27. The van der Waals surface area contributed by atoms with Gasteiger partial charge >= 0.3 is 0 Å². The number of aromatic nitrogens is 1. The normalized spacial score (nSPS) is 16.9. The SMILES string of the molecule is CC(C)(C)c1ccc(C(=O)N2CCN(Cc3cc4cccc5c4n(c3=O)CCC5)CC2)cc1. The lowest BCUT2D eigenvalue weighted by molar-refractivity contribution is 0.0628. The highest BCUT2D eigenvalue weighted by Gasteiger charge is 2.24. The van der Waals surface area contributed by atoms with Crippen LogP contribution in [-0.2, 0) is 24.9 Å². The summed E-state index contributed by atoms with van der Waals surface area (Å²) in [6.45, 7) is 10.9. The lowest BCUT2D eigenvalue weighted by Gasteiger charge is -2.35. The molecule has 5 heteroatoms. The molecule has 3 heterocycles. The number of hydrogen-bond acceptors (Lipinski definition) is 3. The fourth-order valence-electron chi connectivity index (χ4n) is 5.18. The molecule has 0 saturated carbocycles. The summed E-state index contributed by atoms with van der Waals surface area (Å²) >= 11 is 0. The van der Waals surface area contributed by atoms with Gasteiger partial charge in [0, 0.05) is 50.4 Å². The van der Waals surface area contributed by atoms with Crippen LogP contribution in [0.1, 0.15) is 54.2 Å². The van der Waals surface area contributed by atoms with Gasteiger partial charge in [-0.2, -0.15) is 0 Å². The highest BCUT2D eigenvalue weighted by Crippen LogP contribution is 2.25. The number of para-hydroxylation sites is 1. The molecule has 0 spiro atoms. The zero-order valence-electron chi connectivity index (χ0n) is 19.9. The molecule has 1 amide bonds. The summed E-state index contributed by atoms with van der Waals surface area (Å²) in [5.74, 6) is 0.0952. The van der Waals surface area contributed by atoms with E-state index < -0.39 is 0 Å². The van der Waals surface area contributed by atoms with Crippen LogP contribution >= 0.6 is 0 Å². The molecule has 5 rings (SSSR count). The fourth-order valence-corrected chi connectivity index (χ4v) is 5.18. The Hall–Kier alpha value is -2.92. The summed E-state index contributed by atoms with van der Waals surface area (Å²) in [7, 11) is 0. The van der Waals surface area contributed by atoms with Gasteiger partial charge < -0.3 is 9.47 Å². The molecule has 33 heavy (non-hydrogen) atoms. The van der Waals surface area contributed by atoms with Gasteiger partial charge in [0.05, 0.1) is 5.52 Å². The van der Waals surface area contributed by atoms with Crippen LogP contribution in [0.15, 0.2) is 53.3 Å². The van der Waals surface area contributed by atoms with E-state index in [1.54, 1.807) is 0 Å². The number of carbonyl (C=O) groups excluding carboxylic acids is 1. The number of piperazine rings is 1. The zero-order valence-corrected chi connectivity index (χ0v) is 19.9. The van der Waals surface area contributed by atoms with Crippen molar-refractivity contribution in [1.29, 1.82) is 0 Å². The molecule has 0 bridgehead atoms. The lowest BCUT2D eigenvalue weighted by atomic mass is 9.86. The van der Waals surface area contributed by atoms with Gasteiger partial charge in [-0.15, -0.1) is 0 Å². The smallest absolute Gasteiger partial charge is 0.255 e. The quantitative estimate of drug-likeness (QED) is 0.609. The van der Waals surface area contributed by atoms with Crippen molar-refractivity contribution in [2.75, 3.05) is 26.2 Å². The van der Waals surface area contributed by atoms with Crippen molar-refractivity contribution >= 4 is 16.8 Å². The third-order valence-electron chi connectivity index (χ3n) is 7.15. The van der Waals surface area contributed by atoms with Crippen LogP contribution in [0.3, 0.4) is 0 Å². The minimum atomic E-state index is 0.0781. The van der Waals surface area contributed by atoms with Crippen molar-refractivity contribution in [2.24, 2.45) is 0 Å². The molecule has 0 N–H and O–H groups in total. The van der Waals surface area contributed by atoms with Crippen molar-refractivity contribution in [1.82, 2.24) is 14.4 Å². The molecule has 0 radical (unpaired) electrons. The zero-order chi connectivity index (χ0) is 23.2. The largest absolute Gasteiger partial charge is 0.336 e. The standard InChI is InChI=1S/C28H33N3O2/c1-28(2,3)24-11-9-21(10-12-24)26(32)30-16-14-29(15-17-30)19-23-18-22-7-4-6-20-8-5-13-31(25(20)22)27(23)33/h4,6-7,9-12,18H,5,8,13-17,19H2,1-3H3. The summed E-state index contributed by atoms with van der Waals surface area (Å²) < 4.78 is 1.98. The highest BCUT2D eigenvalue weighted by molar-refractivity contribution is 5.94. The van der Waals surface area contributed by atoms with Crippen LogP contribution in [0.2, 0.25) is 0 Å². The van der Waals surface area contributed by atoms with Crippen LogP contribution in [0.25, 0.3) is 10.9 Å². The maximum Gasteiger partial charge on any atom is 0.255 e. The number of carbonyl (C=O) groups is 1. The summed E-state index contributed by atoms with van der Waals surface area (Å²) in [5, 5.41) is 1.16. The Bertz CT molecular complexity index is 1240. The van der Waals surface area contributed by atoms with Gasteiger partial charge in [0.1, 0.15) is 0 Å². The third kappa shape index (κ3) is 4.22. The Labute approximate surface area is 195 Å². The molecule has 3 aromatic rings. The minimum Gasteiger partial charge on any atom is -0.336 e. The van der Waals surface area contributed by atoms with Gasteiger partial charge in [-0.05, 0) is 53.0 Å². The molecule has 5 nitrogen and oxygen atoms in total. The molecule has 0 unspecified atom stereocenters. The molecule has 1 saturated heterocycles. The molecular weight excluding hydrogens is 410 g/mol. The molecular formula is C28H33N3O2. The second kappa shape index (κ2) is 8.45. The second-order valence-corrected chi connectivity index (χ2v) is 10.5. The van der Waals surface area contributed by atoms with Crippen molar-refractivity contribution in [2.45, 2.75) is 52.1 Å². The predicted molar refractivity (Wildman–Crippen MR) is 133 cm³/mol. The van der Waals surface area contributed by atoms with Gasteiger partial charge in [0.25, 0.3) is 11.5 Å². The van der Waals surface area contributed by atoms with Gasteiger partial charge in [0.15, 0.2) is 0 Å². The lowest BCUT2D eigenvalue weighted by Crippen LogP contribution is -2.48. The van der Waals surface area contributed by atoms with Crippen LogP contribution < -0.4 is 5.56 Å². The summed E-state index contributed by atoms with van der Waals surface area (Å²) in [4.78, 5) is 30.4. The number of benzene rings is 2. The number of aryl methyl sites for hydroxylation is 2. The van der Waals surface area contributed by atoms with E-state index in [1.807, 2.05) is 21.6 Å². The van der Waals surface area contributed by atoms with Crippen molar-refractivity contribution in [3.05, 3.63) is 81.1 Å². The Morgan fingerprint density at radius 2 is 1.67 bits per heavy atom. The Morgan fingerprint density at radius 1 is 0.939 bits per heavy atom. The van der Waals surface area contributed by atoms with Crippen LogP contribution in [0.4, 0.5) is 0 Å². The number of rotatable bonds is 3. The molecule has 1 aromatic heterocycles. The Kier molecular flexibility index (Phi) is 5.61. The van der Waals surface area contributed by atoms with E-state index in [9.17, 15) is 9.59 Å². The van der Waals surface area contributed by atoms with Crippen molar-refractivity contribution in [3.8, 4) is 0 Å². The van der Waals surface area contributed by atoms with E-state index in [-0.39, 0.29) is 16.9 Å². The molecule has 172 valence electrons. The van der Waals surface area contributed by atoms with E-state index in [1.165, 1.54) is 11.1 Å². The van der Waals surface area contributed by atoms with Crippen LogP contribution in [-0.4, -0.2) is 46.5 Å². The summed E-state index contributed by atoms with van der Waals surface area (Å²) in [5.41, 5.74) is 5.46. The number of hydrogen-bond donors (Lipinski definition) is 0. The first-order valence-electron chi connectivity index (χ1n) is 12.1. The monoisotopic (exact) mass is 443 g/mol. The molecule has 2 aliphatic heterocycles. The maximum absolute atomic E-state index is 13.2. The molecule has 1 fully saturated rings. The van der Waals surface area contributed by atoms with Gasteiger partial charge in [-0.25, -0.2) is 0 Å². The average molecular weight is 444 g/mol. The van der Waals surface area contributed by atoms with Crippen molar-refractivity contribution in [3.63, 3.8) is 0 Å². The molecule has 2 aliphatic rings. The second-order valence-electron chi connectivity index (χ2n) is 10.5. The fraction of sp³-hybridized carbons (Fsp3) is 0.429. The third-order valence-corrected chi connectivity index (χ3v) is 7.15. The number of nitrogens with zero attached hydrogens (tertiary/aromatic N) is 3. The van der Waals surface area contributed by atoms with E-state index >= 15 is 0 Å². The van der Waals surface area contributed by atoms with Crippen LogP contribution in [0.5, 0.6) is 0 Å². The van der Waals surface area contributed by atoms with Gasteiger partial charge in [-0.1, -0.05) is 51.1 Å². The van der Waals surface area contributed by atoms with Crippen LogP contribution in [0, 0.1) is 0 Å². The minimum absolute atomic E-state index is 0.0781. The van der Waals surface area contributed by atoms with E-state index in [0.717, 1.165) is 54.5 Å². The number of pyridine rings is 1. The average Bonchev–Trinajstić information content (AvgIpc) is 2.82. The van der Waals surface area contributed by atoms with E-state index in [4.69, 9.17) is 0 Å². The summed E-state index contributed by atoms with van der Waals surface area (Å²) in [6.07, 6.45) is 2.07. The molecule has 0 aliphatic carbocycles. The first kappa shape index (κ1) is 21.9. The molecule has 0 atom stereocenters. The van der Waals surface area contributed by atoms with Gasteiger partial charge in [-0.3, -0.25) is 14.5 Å². The molecule has 2 aromatic carbocycles. The number of amides is 1. The van der Waals surface area contributed by atoms with Gasteiger partial charge in [0.2, 0.25) is 0 Å². The predicted octanol–water partition coefficient (Wildman–Crippen LogP) is 4.20. The van der Waals surface area contributed by atoms with E-state index in [2.05, 4.69) is 62.1 Å². The topological polar surface area (TPSA) is 45.6 Å². The first-order valence-corrected chi connectivity index (χ1v) is 12.1. The maximum atomic E-state index is 13.2. The Morgan fingerprint density at radius 3 is 2.36 bits per heavy atom. The first-order chi connectivity index (χ1) is 15.8.